The van der Waals surface area contributed by atoms with E-state index in [1.165, 1.54) is 4.88 Å². The summed E-state index contributed by atoms with van der Waals surface area (Å²) in [6.07, 6.45) is 3.12. The molecule has 0 saturated heterocycles. The van der Waals surface area contributed by atoms with Crippen molar-refractivity contribution < 1.29 is 4.74 Å². The second-order valence-electron chi connectivity index (χ2n) is 4.66. The van der Waals surface area contributed by atoms with Crippen molar-refractivity contribution in [2.45, 2.75) is 26.0 Å². The van der Waals surface area contributed by atoms with Crippen molar-refractivity contribution in [1.82, 2.24) is 4.98 Å². The largest absolute Gasteiger partial charge is 0.486 e. The van der Waals surface area contributed by atoms with Crippen LogP contribution in [0.3, 0.4) is 0 Å². The maximum Gasteiger partial charge on any atom is 0.180 e. The van der Waals surface area contributed by atoms with Crippen LogP contribution >= 0.6 is 11.3 Å². The highest BCUT2D eigenvalue weighted by Crippen LogP contribution is 2.35. The van der Waals surface area contributed by atoms with Gasteiger partial charge in [-0.2, -0.15) is 0 Å². The number of anilines is 2. The molecule has 4 nitrogen and oxygen atoms in total. The lowest BCUT2D eigenvalue weighted by atomic mass is 10.1. The van der Waals surface area contributed by atoms with E-state index in [0.717, 1.165) is 30.9 Å². The lowest BCUT2D eigenvalue weighted by molar-refractivity contribution is 0.189. The van der Waals surface area contributed by atoms with E-state index in [2.05, 4.69) is 22.9 Å². The van der Waals surface area contributed by atoms with E-state index in [0.29, 0.717) is 5.13 Å². The molecular weight excluding hydrogens is 258 g/mol. The molecule has 1 aromatic carbocycles. The minimum atomic E-state index is 0.250. The molecule has 0 saturated carbocycles. The number of benzene rings is 1. The molecule has 2 aromatic rings. The number of nitrogens with two attached hydrogens (primary N) is 1. The van der Waals surface area contributed by atoms with Crippen LogP contribution in [-0.2, 0) is 6.54 Å². The monoisotopic (exact) mass is 275 g/mol. The fraction of sp³-hybridized carbons (Fsp3) is 0.357. The summed E-state index contributed by atoms with van der Waals surface area (Å²) in [6.45, 7) is 3.90. The molecule has 0 fully saturated rings. The van der Waals surface area contributed by atoms with Crippen LogP contribution in [0.25, 0.3) is 0 Å². The molecule has 5 heteroatoms. The second-order valence-corrected chi connectivity index (χ2v) is 5.81. The van der Waals surface area contributed by atoms with Crippen LogP contribution in [0.1, 0.15) is 18.2 Å². The molecule has 2 heterocycles. The molecule has 0 bridgehead atoms. The van der Waals surface area contributed by atoms with Crippen LogP contribution in [0, 0.1) is 0 Å². The van der Waals surface area contributed by atoms with Gasteiger partial charge in [0, 0.05) is 11.1 Å². The Bertz CT molecular complexity index is 569. The Kier molecular flexibility index (Phi) is 3.29. The summed E-state index contributed by atoms with van der Waals surface area (Å²) in [6, 6.07) is 8.19. The zero-order valence-electron chi connectivity index (χ0n) is 10.9. The molecule has 0 aliphatic carbocycles. The van der Waals surface area contributed by atoms with Crippen molar-refractivity contribution in [1.29, 1.82) is 0 Å². The van der Waals surface area contributed by atoms with Crippen molar-refractivity contribution in [2.75, 3.05) is 17.2 Å². The van der Waals surface area contributed by atoms with Crippen molar-refractivity contribution in [2.24, 2.45) is 0 Å². The fourth-order valence-electron chi connectivity index (χ4n) is 2.33. The van der Waals surface area contributed by atoms with Gasteiger partial charge in [0.15, 0.2) is 5.13 Å². The van der Waals surface area contributed by atoms with Gasteiger partial charge < -0.3 is 15.4 Å². The summed E-state index contributed by atoms with van der Waals surface area (Å²) in [4.78, 5) is 7.65. The third-order valence-corrected chi connectivity index (χ3v) is 4.11. The molecule has 1 aliphatic rings. The van der Waals surface area contributed by atoms with Crippen molar-refractivity contribution >= 4 is 22.2 Å². The van der Waals surface area contributed by atoms with E-state index >= 15 is 0 Å². The zero-order chi connectivity index (χ0) is 13.2. The molecule has 1 aliphatic heterocycles. The number of thiazole rings is 1. The first-order chi connectivity index (χ1) is 9.26. The number of rotatable bonds is 3. The maximum absolute atomic E-state index is 5.98. The molecule has 100 valence electrons. The topological polar surface area (TPSA) is 51.4 Å². The number of hydrogen-bond donors (Lipinski definition) is 1. The maximum atomic E-state index is 5.98. The first kappa shape index (κ1) is 12.3. The first-order valence-corrected chi connectivity index (χ1v) is 7.28. The highest BCUT2D eigenvalue weighted by molar-refractivity contribution is 7.15. The van der Waals surface area contributed by atoms with E-state index in [1.54, 1.807) is 11.3 Å². The molecule has 0 spiro atoms. The number of nitrogens with zero attached hydrogens (tertiary/aromatic N) is 2. The second kappa shape index (κ2) is 5.09. The van der Waals surface area contributed by atoms with Gasteiger partial charge in [0.25, 0.3) is 0 Å². The normalized spacial score (nSPS) is 17.9. The zero-order valence-corrected chi connectivity index (χ0v) is 11.7. The van der Waals surface area contributed by atoms with Gasteiger partial charge >= 0.3 is 0 Å². The molecule has 2 N–H and O–H groups in total. The summed E-state index contributed by atoms with van der Waals surface area (Å²) >= 11 is 1.55. The smallest absolute Gasteiger partial charge is 0.180 e. The lowest BCUT2D eigenvalue weighted by Gasteiger charge is -2.35. The van der Waals surface area contributed by atoms with Crippen molar-refractivity contribution in [3.63, 3.8) is 0 Å². The Balaban J connectivity index is 1.87. The van der Waals surface area contributed by atoms with Gasteiger partial charge in [0.05, 0.1) is 18.8 Å². The SMILES string of the molecule is CCC1CN(Cc2cnc(N)s2)c2ccccc2O1. The average Bonchev–Trinajstić information content (AvgIpc) is 2.84. The number of hydrogen-bond acceptors (Lipinski definition) is 5. The molecule has 1 atom stereocenters. The summed E-state index contributed by atoms with van der Waals surface area (Å²) in [5.41, 5.74) is 6.85. The Hall–Kier alpha value is -1.75. The highest BCUT2D eigenvalue weighted by Gasteiger charge is 2.24. The van der Waals surface area contributed by atoms with Gasteiger partial charge in [-0.3, -0.25) is 0 Å². The third-order valence-electron chi connectivity index (χ3n) is 3.30. The summed E-state index contributed by atoms with van der Waals surface area (Å²) in [7, 11) is 0. The van der Waals surface area contributed by atoms with E-state index < -0.39 is 0 Å². The van der Waals surface area contributed by atoms with Crippen LogP contribution < -0.4 is 15.4 Å². The van der Waals surface area contributed by atoms with E-state index in [4.69, 9.17) is 10.5 Å². The van der Waals surface area contributed by atoms with E-state index in [9.17, 15) is 0 Å². The third kappa shape index (κ3) is 2.51. The lowest BCUT2D eigenvalue weighted by Crippen LogP contribution is -2.39. The summed E-state index contributed by atoms with van der Waals surface area (Å²) in [5, 5.41) is 0.628. The number of fused-ring (bicyclic) bond motifs is 1. The Labute approximate surface area is 116 Å². The summed E-state index contributed by atoms with van der Waals surface area (Å²) < 4.78 is 5.98. The van der Waals surface area contributed by atoms with Gasteiger partial charge in [-0.15, -0.1) is 11.3 Å². The Morgan fingerprint density at radius 1 is 1.47 bits per heavy atom. The average molecular weight is 275 g/mol. The number of nitrogen functional groups attached to an aromatic ring is 1. The predicted molar refractivity (Wildman–Crippen MR) is 78.7 cm³/mol. The van der Waals surface area contributed by atoms with Crippen LogP contribution in [0.4, 0.5) is 10.8 Å². The molecule has 1 aromatic heterocycles. The number of para-hydroxylation sites is 2. The van der Waals surface area contributed by atoms with Gasteiger partial charge in [0.1, 0.15) is 11.9 Å². The van der Waals surface area contributed by atoms with Gasteiger partial charge in [-0.1, -0.05) is 19.1 Å². The van der Waals surface area contributed by atoms with Crippen molar-refractivity contribution in [3.8, 4) is 5.75 Å². The van der Waals surface area contributed by atoms with Gasteiger partial charge in [0.2, 0.25) is 0 Å². The van der Waals surface area contributed by atoms with Crippen LogP contribution in [0.2, 0.25) is 0 Å². The molecule has 0 radical (unpaired) electrons. The fourth-order valence-corrected chi connectivity index (χ4v) is 3.02. The minimum absolute atomic E-state index is 0.250. The van der Waals surface area contributed by atoms with Gasteiger partial charge in [-0.05, 0) is 18.6 Å². The molecule has 19 heavy (non-hydrogen) atoms. The number of ether oxygens (including phenoxy) is 1. The molecular formula is C14H17N3OS. The molecule has 0 amide bonds. The number of aromatic nitrogens is 1. The molecule has 3 rings (SSSR count). The quantitative estimate of drug-likeness (QED) is 0.935. The Morgan fingerprint density at radius 3 is 3.05 bits per heavy atom. The molecule has 1 unspecified atom stereocenters. The standard InChI is InChI=1S/C14H17N3OS/c1-2-10-8-17(9-11-7-16-14(15)19-11)12-5-3-4-6-13(12)18-10/h3-7,10H,2,8-9H2,1H3,(H2,15,16). The predicted octanol–water partition coefficient (Wildman–Crippen LogP) is 2.90. The Morgan fingerprint density at radius 2 is 2.32 bits per heavy atom. The summed E-state index contributed by atoms with van der Waals surface area (Å²) in [5.74, 6) is 0.970. The first-order valence-electron chi connectivity index (χ1n) is 6.47. The van der Waals surface area contributed by atoms with E-state index in [1.807, 2.05) is 24.4 Å². The highest BCUT2D eigenvalue weighted by atomic mass is 32.1. The van der Waals surface area contributed by atoms with Crippen LogP contribution in [0.5, 0.6) is 5.75 Å². The van der Waals surface area contributed by atoms with Crippen LogP contribution in [0.15, 0.2) is 30.5 Å². The minimum Gasteiger partial charge on any atom is -0.486 e. The van der Waals surface area contributed by atoms with Crippen LogP contribution in [-0.4, -0.2) is 17.6 Å². The van der Waals surface area contributed by atoms with Gasteiger partial charge in [-0.25, -0.2) is 4.98 Å². The van der Waals surface area contributed by atoms with E-state index in [-0.39, 0.29) is 6.10 Å². The van der Waals surface area contributed by atoms with Crippen molar-refractivity contribution in [3.05, 3.63) is 35.3 Å².